The number of rotatable bonds is 9. The first kappa shape index (κ1) is 20.1. The maximum absolute atomic E-state index is 12.9. The lowest BCUT2D eigenvalue weighted by Crippen LogP contribution is -2.16. The van der Waals surface area contributed by atoms with Gasteiger partial charge in [0.2, 0.25) is 5.75 Å². The molecule has 5 nitrogen and oxygen atoms in total. The second kappa shape index (κ2) is 9.52. The van der Waals surface area contributed by atoms with Crippen LogP contribution in [0, 0.1) is 5.82 Å². The summed E-state index contributed by atoms with van der Waals surface area (Å²) in [5.41, 5.74) is 2.07. The molecule has 0 spiro atoms. The van der Waals surface area contributed by atoms with Crippen molar-refractivity contribution in [3.05, 3.63) is 59.0 Å². The molecule has 0 atom stereocenters. The Morgan fingerprint density at radius 1 is 1.00 bits per heavy atom. The Balaban J connectivity index is 1.63. The molecule has 1 N–H and O–H groups in total. The number of nitrogens with zero attached hydrogens (tertiary/aromatic N) is 1. The van der Waals surface area contributed by atoms with Crippen LogP contribution in [-0.2, 0) is 13.0 Å². The molecule has 3 aromatic rings. The number of methoxy groups -OCH3 is 3. The summed E-state index contributed by atoms with van der Waals surface area (Å²) in [5, 5.41) is 4.37. The lowest BCUT2D eigenvalue weighted by Gasteiger charge is -2.13. The minimum atomic E-state index is -0.209. The maximum atomic E-state index is 12.9. The van der Waals surface area contributed by atoms with Gasteiger partial charge in [0, 0.05) is 18.3 Å². The fraction of sp³-hybridized carbons (Fsp3) is 0.286. The van der Waals surface area contributed by atoms with Gasteiger partial charge in [0.25, 0.3) is 0 Å². The molecule has 0 fully saturated rings. The molecule has 0 bridgehead atoms. The number of aromatic nitrogens is 1. The molecule has 1 aromatic heterocycles. The van der Waals surface area contributed by atoms with Gasteiger partial charge in [-0.15, -0.1) is 11.3 Å². The molecule has 2 aromatic carbocycles. The van der Waals surface area contributed by atoms with E-state index in [1.165, 1.54) is 12.1 Å². The molecule has 0 radical (unpaired) electrons. The van der Waals surface area contributed by atoms with E-state index in [0.29, 0.717) is 23.8 Å². The highest BCUT2D eigenvalue weighted by molar-refractivity contribution is 7.15. The van der Waals surface area contributed by atoms with Gasteiger partial charge in [-0.2, -0.15) is 0 Å². The van der Waals surface area contributed by atoms with Crippen molar-refractivity contribution in [1.82, 2.24) is 10.3 Å². The molecule has 0 amide bonds. The lowest BCUT2D eigenvalue weighted by atomic mass is 10.1. The highest BCUT2D eigenvalue weighted by Gasteiger charge is 2.15. The predicted octanol–water partition coefficient (Wildman–Crippen LogP) is 4.31. The van der Waals surface area contributed by atoms with E-state index in [0.717, 1.165) is 34.0 Å². The number of hydrogen-bond donors (Lipinski definition) is 1. The monoisotopic (exact) mass is 402 g/mol. The Bertz CT molecular complexity index is 887. The van der Waals surface area contributed by atoms with Crippen LogP contribution in [0.1, 0.15) is 10.6 Å². The third-order valence-electron chi connectivity index (χ3n) is 4.28. The summed E-state index contributed by atoms with van der Waals surface area (Å²) in [6, 6.07) is 10.4. The molecule has 0 saturated carbocycles. The number of nitrogens with one attached hydrogen (secondary N) is 1. The SMILES string of the molecule is COc1cc(-c2cnc(CNCCc3ccc(F)cc3)s2)cc(OC)c1OC. The van der Waals surface area contributed by atoms with Crippen molar-refractivity contribution in [3.63, 3.8) is 0 Å². The number of hydrogen-bond acceptors (Lipinski definition) is 6. The van der Waals surface area contributed by atoms with Crippen molar-refractivity contribution >= 4 is 11.3 Å². The molecule has 0 aliphatic rings. The average Bonchev–Trinajstić information content (AvgIpc) is 3.20. The smallest absolute Gasteiger partial charge is 0.203 e. The first-order valence-electron chi connectivity index (χ1n) is 8.85. The fourth-order valence-electron chi connectivity index (χ4n) is 2.83. The fourth-order valence-corrected chi connectivity index (χ4v) is 3.70. The maximum Gasteiger partial charge on any atom is 0.203 e. The van der Waals surface area contributed by atoms with E-state index in [2.05, 4.69) is 10.3 Å². The second-order valence-corrected chi connectivity index (χ2v) is 7.20. The molecule has 28 heavy (non-hydrogen) atoms. The van der Waals surface area contributed by atoms with E-state index < -0.39 is 0 Å². The highest BCUT2D eigenvalue weighted by Crippen LogP contribution is 2.42. The normalized spacial score (nSPS) is 10.7. The summed E-state index contributed by atoms with van der Waals surface area (Å²) in [5.74, 6) is 1.59. The third-order valence-corrected chi connectivity index (χ3v) is 5.33. The molecular formula is C21H23FN2O3S. The Morgan fingerprint density at radius 2 is 1.68 bits per heavy atom. The number of thiazole rings is 1. The van der Waals surface area contributed by atoms with Gasteiger partial charge < -0.3 is 19.5 Å². The summed E-state index contributed by atoms with van der Waals surface area (Å²) in [6.07, 6.45) is 2.69. The van der Waals surface area contributed by atoms with Gasteiger partial charge in [0.05, 0.1) is 26.2 Å². The topological polar surface area (TPSA) is 52.6 Å². The molecule has 0 saturated heterocycles. The van der Waals surface area contributed by atoms with Crippen LogP contribution >= 0.6 is 11.3 Å². The van der Waals surface area contributed by atoms with Gasteiger partial charge in [-0.3, -0.25) is 0 Å². The van der Waals surface area contributed by atoms with Crippen molar-refractivity contribution in [2.45, 2.75) is 13.0 Å². The molecule has 7 heteroatoms. The average molecular weight is 402 g/mol. The van der Waals surface area contributed by atoms with E-state index in [4.69, 9.17) is 14.2 Å². The van der Waals surface area contributed by atoms with Crippen molar-refractivity contribution in [2.24, 2.45) is 0 Å². The predicted molar refractivity (Wildman–Crippen MR) is 109 cm³/mol. The minimum absolute atomic E-state index is 0.209. The molecule has 1 heterocycles. The summed E-state index contributed by atoms with van der Waals surface area (Å²) in [7, 11) is 4.79. The Kier molecular flexibility index (Phi) is 6.84. The zero-order chi connectivity index (χ0) is 19.9. The van der Waals surface area contributed by atoms with Crippen LogP contribution in [0.2, 0.25) is 0 Å². The molecule has 148 valence electrons. The first-order valence-corrected chi connectivity index (χ1v) is 9.66. The third kappa shape index (κ3) is 4.79. The Hall–Kier alpha value is -2.64. The van der Waals surface area contributed by atoms with E-state index >= 15 is 0 Å². The Morgan fingerprint density at radius 3 is 2.29 bits per heavy atom. The number of ether oxygens (including phenoxy) is 3. The number of halogens is 1. The largest absolute Gasteiger partial charge is 0.493 e. The minimum Gasteiger partial charge on any atom is -0.493 e. The number of benzene rings is 2. The van der Waals surface area contributed by atoms with Crippen molar-refractivity contribution in [3.8, 4) is 27.7 Å². The highest BCUT2D eigenvalue weighted by atomic mass is 32.1. The van der Waals surface area contributed by atoms with Crippen LogP contribution in [0.5, 0.6) is 17.2 Å². The van der Waals surface area contributed by atoms with Crippen molar-refractivity contribution in [2.75, 3.05) is 27.9 Å². The van der Waals surface area contributed by atoms with Crippen LogP contribution in [0.4, 0.5) is 4.39 Å². The van der Waals surface area contributed by atoms with Crippen LogP contribution in [-0.4, -0.2) is 32.9 Å². The summed E-state index contributed by atoms with van der Waals surface area (Å²) < 4.78 is 29.1. The summed E-state index contributed by atoms with van der Waals surface area (Å²) in [6.45, 7) is 1.47. The molecular weight excluding hydrogens is 379 g/mol. The summed E-state index contributed by atoms with van der Waals surface area (Å²) in [4.78, 5) is 5.52. The van der Waals surface area contributed by atoms with Gasteiger partial charge in [-0.05, 0) is 42.8 Å². The van der Waals surface area contributed by atoms with Crippen molar-refractivity contribution < 1.29 is 18.6 Å². The second-order valence-electron chi connectivity index (χ2n) is 6.09. The first-order chi connectivity index (χ1) is 13.6. The molecule has 0 unspecified atom stereocenters. The van der Waals surface area contributed by atoms with Crippen LogP contribution in [0.3, 0.4) is 0 Å². The van der Waals surface area contributed by atoms with Gasteiger partial charge in [-0.1, -0.05) is 12.1 Å². The van der Waals surface area contributed by atoms with Crippen LogP contribution in [0.15, 0.2) is 42.6 Å². The van der Waals surface area contributed by atoms with E-state index in [1.807, 2.05) is 30.5 Å². The zero-order valence-electron chi connectivity index (χ0n) is 16.1. The molecule has 3 rings (SSSR count). The van der Waals surface area contributed by atoms with Crippen molar-refractivity contribution in [1.29, 1.82) is 0 Å². The van der Waals surface area contributed by atoms with Gasteiger partial charge in [0.15, 0.2) is 11.5 Å². The van der Waals surface area contributed by atoms with Gasteiger partial charge in [0.1, 0.15) is 10.8 Å². The van der Waals surface area contributed by atoms with E-state index in [1.54, 1.807) is 32.7 Å². The quantitative estimate of drug-likeness (QED) is 0.541. The molecule has 0 aliphatic heterocycles. The summed E-state index contributed by atoms with van der Waals surface area (Å²) >= 11 is 1.61. The zero-order valence-corrected chi connectivity index (χ0v) is 16.9. The van der Waals surface area contributed by atoms with Gasteiger partial charge >= 0.3 is 0 Å². The van der Waals surface area contributed by atoms with Crippen LogP contribution in [0.25, 0.3) is 10.4 Å². The Labute approximate surface area is 168 Å². The van der Waals surface area contributed by atoms with E-state index in [9.17, 15) is 4.39 Å². The lowest BCUT2D eigenvalue weighted by molar-refractivity contribution is 0.324. The standard InChI is InChI=1S/C21H23FN2O3S/c1-25-17-10-15(11-18(26-2)21(17)27-3)19-12-24-20(28-19)13-23-9-8-14-4-6-16(22)7-5-14/h4-7,10-12,23H,8-9,13H2,1-3H3. The van der Waals surface area contributed by atoms with Crippen LogP contribution < -0.4 is 19.5 Å². The van der Waals surface area contributed by atoms with Gasteiger partial charge in [-0.25, -0.2) is 9.37 Å². The molecule has 0 aliphatic carbocycles. The van der Waals surface area contributed by atoms with E-state index in [-0.39, 0.29) is 5.82 Å².